The topological polar surface area (TPSA) is 0 Å². The molecule has 0 N–H and O–H groups in total. The molecule has 0 heterocycles. The molecule has 0 aliphatic carbocycles. The zero-order valence-electron chi connectivity index (χ0n) is 25.1. The second kappa shape index (κ2) is 27.7. The molecule has 0 aliphatic rings. The SMILES string of the molecule is CCCCCCP(CCCCCC)c1ccc[cH-]1.CCCCCCP(CCCCCC)c1ccc[cH-]1.[Cr+2]. The van der Waals surface area contributed by atoms with Crippen molar-refractivity contribution in [2.45, 2.75) is 130 Å². The molecule has 212 valence electrons. The fourth-order valence-electron chi connectivity index (χ4n) is 4.81. The van der Waals surface area contributed by atoms with E-state index in [1.165, 1.54) is 127 Å². The van der Waals surface area contributed by atoms with Crippen molar-refractivity contribution >= 4 is 26.5 Å². The summed E-state index contributed by atoms with van der Waals surface area (Å²) < 4.78 is 0. The van der Waals surface area contributed by atoms with Crippen molar-refractivity contribution in [3.8, 4) is 0 Å². The van der Waals surface area contributed by atoms with Crippen LogP contribution in [0.2, 0.25) is 0 Å². The molecule has 0 fully saturated rings. The van der Waals surface area contributed by atoms with Gasteiger partial charge in [0.25, 0.3) is 0 Å². The van der Waals surface area contributed by atoms with E-state index in [0.717, 1.165) is 0 Å². The van der Waals surface area contributed by atoms with E-state index >= 15 is 0 Å². The van der Waals surface area contributed by atoms with E-state index in [0.29, 0.717) is 0 Å². The smallest absolute Gasteiger partial charge is 0.213 e. The fourth-order valence-corrected chi connectivity index (χ4v) is 9.90. The van der Waals surface area contributed by atoms with Gasteiger partial charge in [-0.2, -0.15) is 24.3 Å². The molecular formula is C34H60CrP2. The Bertz CT molecular complexity index is 567. The number of hydrogen-bond acceptors (Lipinski definition) is 0. The van der Waals surface area contributed by atoms with Crippen LogP contribution in [-0.4, -0.2) is 24.6 Å². The van der Waals surface area contributed by atoms with Crippen LogP contribution in [0.4, 0.5) is 0 Å². The number of unbranched alkanes of at least 4 members (excludes halogenated alkanes) is 12. The third-order valence-electron chi connectivity index (χ3n) is 7.15. The Morgan fingerprint density at radius 1 is 0.459 bits per heavy atom. The summed E-state index contributed by atoms with van der Waals surface area (Å²) in [7, 11) is 0.296. The van der Waals surface area contributed by atoms with Crippen molar-refractivity contribution in [1.29, 1.82) is 0 Å². The molecule has 0 aromatic heterocycles. The van der Waals surface area contributed by atoms with Gasteiger partial charge in [0, 0.05) is 0 Å². The van der Waals surface area contributed by atoms with E-state index in [2.05, 4.69) is 76.2 Å². The van der Waals surface area contributed by atoms with Gasteiger partial charge in [-0.25, -0.2) is 24.3 Å². The Morgan fingerprint density at radius 2 is 0.757 bits per heavy atom. The van der Waals surface area contributed by atoms with Crippen LogP contribution in [0.5, 0.6) is 0 Å². The molecule has 0 aliphatic heterocycles. The summed E-state index contributed by atoms with van der Waals surface area (Å²) >= 11 is 0. The number of rotatable bonds is 22. The van der Waals surface area contributed by atoms with Gasteiger partial charge in [0.05, 0.1) is 0 Å². The summed E-state index contributed by atoms with van der Waals surface area (Å²) in [6, 6.07) is 18.3. The first kappa shape index (κ1) is 37.1. The Kier molecular flexibility index (Phi) is 27.7. The summed E-state index contributed by atoms with van der Waals surface area (Å²) in [5, 5.41) is 3.30. The van der Waals surface area contributed by atoms with Gasteiger partial charge >= 0.3 is 17.4 Å². The molecule has 0 radical (unpaired) electrons. The van der Waals surface area contributed by atoms with Crippen molar-refractivity contribution in [1.82, 2.24) is 0 Å². The van der Waals surface area contributed by atoms with Gasteiger partial charge in [0.2, 0.25) is 0 Å². The molecule has 0 bridgehead atoms. The normalized spacial score (nSPS) is 11.0. The molecule has 0 saturated heterocycles. The van der Waals surface area contributed by atoms with E-state index in [-0.39, 0.29) is 33.2 Å². The minimum atomic E-state index is 0. The van der Waals surface area contributed by atoms with Crippen LogP contribution in [0.25, 0.3) is 0 Å². The zero-order valence-corrected chi connectivity index (χ0v) is 28.1. The van der Waals surface area contributed by atoms with Crippen LogP contribution in [0.3, 0.4) is 0 Å². The van der Waals surface area contributed by atoms with Gasteiger partial charge in [-0.05, 0) is 50.3 Å². The minimum Gasteiger partial charge on any atom is -0.213 e. The maximum absolute atomic E-state index is 2.35. The third-order valence-corrected chi connectivity index (χ3v) is 12.6. The zero-order chi connectivity index (χ0) is 26.1. The first-order valence-electron chi connectivity index (χ1n) is 15.7. The average molecular weight is 583 g/mol. The summed E-state index contributed by atoms with van der Waals surface area (Å²) in [4.78, 5) is 0. The molecule has 37 heavy (non-hydrogen) atoms. The fraction of sp³-hybridized carbons (Fsp3) is 0.706. The second-order valence-corrected chi connectivity index (χ2v) is 15.5. The van der Waals surface area contributed by atoms with Gasteiger partial charge in [0.1, 0.15) is 0 Å². The third kappa shape index (κ3) is 19.7. The molecule has 0 atom stereocenters. The van der Waals surface area contributed by atoms with Crippen molar-refractivity contribution in [2.75, 3.05) is 24.6 Å². The molecule has 2 aromatic carbocycles. The largest absolute Gasteiger partial charge is 2.00 e. The predicted octanol–water partition coefficient (Wildman–Crippen LogP) is 11.3. The maximum atomic E-state index is 2.35. The Morgan fingerprint density at radius 3 is 0.973 bits per heavy atom. The van der Waals surface area contributed by atoms with Crippen molar-refractivity contribution in [3.05, 3.63) is 48.5 Å². The molecule has 0 saturated carbocycles. The van der Waals surface area contributed by atoms with Gasteiger partial charge in [-0.3, -0.25) is 0 Å². The molecule has 0 amide bonds. The molecule has 2 aromatic rings. The molecular weight excluding hydrogens is 522 g/mol. The molecule has 0 unspecified atom stereocenters. The molecule has 2 rings (SSSR count). The van der Waals surface area contributed by atoms with Crippen molar-refractivity contribution < 1.29 is 17.4 Å². The summed E-state index contributed by atoms with van der Waals surface area (Å²) in [6.45, 7) is 9.19. The van der Waals surface area contributed by atoms with Crippen LogP contribution in [-0.2, 0) is 17.4 Å². The molecule has 0 spiro atoms. The Hall–Kier alpha value is 0.0925. The quantitative estimate of drug-likeness (QED) is 0.0736. The van der Waals surface area contributed by atoms with E-state index in [4.69, 9.17) is 0 Å². The Balaban J connectivity index is 0.000000682. The van der Waals surface area contributed by atoms with Crippen LogP contribution in [0.1, 0.15) is 130 Å². The van der Waals surface area contributed by atoms with Gasteiger partial charge in [0.15, 0.2) is 0 Å². The van der Waals surface area contributed by atoms with Crippen LogP contribution in [0.15, 0.2) is 48.5 Å². The Labute approximate surface area is 246 Å². The van der Waals surface area contributed by atoms with Crippen LogP contribution < -0.4 is 10.6 Å². The molecule has 3 heteroatoms. The maximum Gasteiger partial charge on any atom is 2.00 e. The summed E-state index contributed by atoms with van der Waals surface area (Å²) in [6.07, 6.45) is 28.4. The van der Waals surface area contributed by atoms with Crippen molar-refractivity contribution in [2.24, 2.45) is 0 Å². The van der Waals surface area contributed by atoms with E-state index in [1.807, 2.05) is 0 Å². The van der Waals surface area contributed by atoms with Crippen molar-refractivity contribution in [3.63, 3.8) is 0 Å². The standard InChI is InChI=1S/2C17H30P.Cr/c2*1-3-5-7-11-15-18(16-12-8-6-4-2)17-13-9-10-14-17;/h2*9-10,13-14H,3-8,11-12,15-16H2,1-2H3;/q2*-1;+2. The number of hydrogen-bond donors (Lipinski definition) is 0. The first-order chi connectivity index (χ1) is 17.8. The van der Waals surface area contributed by atoms with Gasteiger partial charge in [-0.1, -0.05) is 105 Å². The van der Waals surface area contributed by atoms with Gasteiger partial charge in [-0.15, -0.1) is 26.5 Å². The van der Waals surface area contributed by atoms with E-state index in [9.17, 15) is 0 Å². The molecule has 0 nitrogen and oxygen atoms in total. The van der Waals surface area contributed by atoms with E-state index < -0.39 is 0 Å². The second-order valence-electron chi connectivity index (χ2n) is 10.5. The minimum absolute atomic E-state index is 0. The van der Waals surface area contributed by atoms with Crippen LogP contribution in [0, 0.1) is 0 Å². The summed E-state index contributed by atoms with van der Waals surface area (Å²) in [5.74, 6) is 0. The summed E-state index contributed by atoms with van der Waals surface area (Å²) in [5.41, 5.74) is 0. The average Bonchev–Trinajstić information content (AvgIpc) is 3.62. The monoisotopic (exact) mass is 582 g/mol. The van der Waals surface area contributed by atoms with Gasteiger partial charge < -0.3 is 0 Å². The van der Waals surface area contributed by atoms with E-state index in [1.54, 1.807) is 10.6 Å². The predicted molar refractivity (Wildman–Crippen MR) is 173 cm³/mol. The first-order valence-corrected chi connectivity index (χ1v) is 19.1. The van der Waals surface area contributed by atoms with Crippen LogP contribution >= 0.6 is 15.8 Å².